The normalized spacial score (nSPS) is 23.1. The van der Waals surface area contributed by atoms with E-state index in [1.165, 1.54) is 13.0 Å². The van der Waals surface area contributed by atoms with Gasteiger partial charge in [-0.15, -0.1) is 17.3 Å². The molecule has 3 unspecified atom stereocenters. The van der Waals surface area contributed by atoms with Crippen molar-refractivity contribution in [3.05, 3.63) is 28.5 Å². The van der Waals surface area contributed by atoms with Crippen LogP contribution in [0.2, 0.25) is 0 Å². The number of ether oxygens (including phenoxy) is 1. The van der Waals surface area contributed by atoms with Gasteiger partial charge in [-0.2, -0.15) is 0 Å². The van der Waals surface area contributed by atoms with Crippen LogP contribution in [0, 0.1) is 0 Å². The number of halogens is 2. The third-order valence-electron chi connectivity index (χ3n) is 2.06. The second-order valence-electron chi connectivity index (χ2n) is 3.27. The lowest BCUT2D eigenvalue weighted by molar-refractivity contribution is 0.0365. The van der Waals surface area contributed by atoms with Crippen LogP contribution in [0.15, 0.2) is 28.5 Å². The number of primary amides is 1. The summed E-state index contributed by atoms with van der Waals surface area (Å²) < 4.78 is 4.64. The molecule has 0 radical (unpaired) electrons. The lowest BCUT2D eigenvalue weighted by Crippen LogP contribution is -2.32. The van der Waals surface area contributed by atoms with Crippen LogP contribution >= 0.6 is 23.2 Å². The average Bonchev–Trinajstić information content (AvgIpc) is 2.20. The van der Waals surface area contributed by atoms with Crippen molar-refractivity contribution in [1.82, 2.24) is 0 Å². The maximum Gasteiger partial charge on any atom is 0.404 e. The summed E-state index contributed by atoms with van der Waals surface area (Å²) in [7, 11) is 0. The first-order chi connectivity index (χ1) is 7.43. The molecule has 6 heteroatoms. The van der Waals surface area contributed by atoms with E-state index < -0.39 is 23.7 Å². The standard InChI is InChI=1S/C10H11Cl2NO3/c1-5(16-10(13)15)9(14)6-3-2-4-7(11)8(6)12/h3-5,7,9,14H,1H3,(H2,13,15). The van der Waals surface area contributed by atoms with Gasteiger partial charge < -0.3 is 15.6 Å². The van der Waals surface area contributed by atoms with Crippen LogP contribution in [0.25, 0.3) is 0 Å². The minimum Gasteiger partial charge on any atom is -0.444 e. The zero-order valence-corrected chi connectivity index (χ0v) is 10.00. The number of hydrogen-bond acceptors (Lipinski definition) is 3. The molecular formula is C10H11Cl2NO3. The number of carbonyl (C=O) groups excluding carboxylic acids is 1. The highest BCUT2D eigenvalue weighted by Gasteiger charge is 2.25. The molecule has 3 atom stereocenters. The Morgan fingerprint density at radius 2 is 2.38 bits per heavy atom. The molecule has 1 aliphatic carbocycles. The SMILES string of the molecule is CC(OC(N)=O)C(O)C1=C(Cl)C(Cl)C=C=C1. The van der Waals surface area contributed by atoms with Gasteiger partial charge in [-0.3, -0.25) is 0 Å². The maximum atomic E-state index is 10.5. The summed E-state index contributed by atoms with van der Waals surface area (Å²) in [5.74, 6) is 0. The Kier molecular flexibility index (Phi) is 4.44. The van der Waals surface area contributed by atoms with Gasteiger partial charge >= 0.3 is 6.09 Å². The summed E-state index contributed by atoms with van der Waals surface area (Å²) in [6.07, 6.45) is 0.205. The molecule has 88 valence electrons. The van der Waals surface area contributed by atoms with Crippen LogP contribution in [-0.2, 0) is 4.74 Å². The van der Waals surface area contributed by atoms with Gasteiger partial charge in [-0.1, -0.05) is 11.6 Å². The number of aliphatic hydroxyl groups excluding tert-OH is 1. The van der Waals surface area contributed by atoms with Crippen molar-refractivity contribution < 1.29 is 14.6 Å². The van der Waals surface area contributed by atoms with E-state index in [-0.39, 0.29) is 5.03 Å². The first kappa shape index (κ1) is 13.1. The molecule has 0 aliphatic heterocycles. The summed E-state index contributed by atoms with van der Waals surface area (Å²) in [6.45, 7) is 1.50. The monoisotopic (exact) mass is 263 g/mol. The van der Waals surface area contributed by atoms with Gasteiger partial charge in [0.25, 0.3) is 0 Å². The summed E-state index contributed by atoms with van der Waals surface area (Å²) in [4.78, 5) is 10.5. The molecule has 0 bridgehead atoms. The first-order valence-electron chi connectivity index (χ1n) is 4.54. The maximum absolute atomic E-state index is 10.5. The number of alkyl halides is 1. The molecule has 0 aromatic carbocycles. The Morgan fingerprint density at radius 3 is 2.94 bits per heavy atom. The fourth-order valence-corrected chi connectivity index (χ4v) is 1.68. The molecule has 0 heterocycles. The fourth-order valence-electron chi connectivity index (χ4n) is 1.25. The van der Waals surface area contributed by atoms with E-state index in [9.17, 15) is 9.90 Å². The van der Waals surface area contributed by atoms with Crippen molar-refractivity contribution in [2.45, 2.75) is 24.5 Å². The van der Waals surface area contributed by atoms with Gasteiger partial charge in [0, 0.05) is 10.6 Å². The molecule has 0 aromatic heterocycles. The zero-order valence-electron chi connectivity index (χ0n) is 8.48. The quantitative estimate of drug-likeness (QED) is 0.601. The van der Waals surface area contributed by atoms with Crippen LogP contribution in [0.5, 0.6) is 0 Å². The molecule has 0 spiro atoms. The number of nitrogens with two attached hydrogens (primary N) is 1. The average molecular weight is 264 g/mol. The Labute approximate surface area is 103 Å². The number of rotatable bonds is 3. The third-order valence-corrected chi connectivity index (χ3v) is 2.97. The molecule has 1 rings (SSSR count). The van der Waals surface area contributed by atoms with Crippen molar-refractivity contribution in [3.8, 4) is 0 Å². The highest BCUT2D eigenvalue weighted by atomic mass is 35.5. The number of amides is 1. The first-order valence-corrected chi connectivity index (χ1v) is 5.35. The summed E-state index contributed by atoms with van der Waals surface area (Å²) in [5, 5.41) is 9.62. The predicted molar refractivity (Wildman–Crippen MR) is 61.3 cm³/mol. The van der Waals surface area contributed by atoms with E-state index in [1.807, 2.05) is 0 Å². The van der Waals surface area contributed by atoms with Crippen molar-refractivity contribution in [1.29, 1.82) is 0 Å². The zero-order chi connectivity index (χ0) is 12.3. The van der Waals surface area contributed by atoms with Crippen LogP contribution in [0.3, 0.4) is 0 Å². The van der Waals surface area contributed by atoms with E-state index in [2.05, 4.69) is 10.5 Å². The Hall–Kier alpha value is -0.930. The van der Waals surface area contributed by atoms with Gasteiger partial charge in [-0.25, -0.2) is 4.79 Å². The van der Waals surface area contributed by atoms with Crippen LogP contribution in [0.4, 0.5) is 4.79 Å². The smallest absolute Gasteiger partial charge is 0.404 e. The van der Waals surface area contributed by atoms with Crippen LogP contribution < -0.4 is 5.73 Å². The lowest BCUT2D eigenvalue weighted by atomic mass is 10.0. The van der Waals surface area contributed by atoms with E-state index in [0.717, 1.165) is 0 Å². The van der Waals surface area contributed by atoms with Crippen molar-refractivity contribution in [2.24, 2.45) is 5.73 Å². The second-order valence-corrected chi connectivity index (χ2v) is 4.15. The number of aliphatic hydroxyl groups is 1. The number of allylic oxidation sites excluding steroid dienone is 1. The number of hydrogen-bond donors (Lipinski definition) is 2. The molecule has 16 heavy (non-hydrogen) atoms. The van der Waals surface area contributed by atoms with Crippen molar-refractivity contribution >= 4 is 29.3 Å². The Bertz CT molecular complexity index is 386. The summed E-state index contributed by atoms with van der Waals surface area (Å²) in [5.41, 5.74) is 7.96. The Morgan fingerprint density at radius 1 is 1.75 bits per heavy atom. The number of carbonyl (C=O) groups is 1. The minimum atomic E-state index is -1.08. The van der Waals surface area contributed by atoms with Gasteiger partial charge in [0.2, 0.25) is 0 Å². The molecule has 4 nitrogen and oxygen atoms in total. The molecule has 0 saturated carbocycles. The molecule has 0 saturated heterocycles. The van der Waals surface area contributed by atoms with Crippen molar-refractivity contribution in [3.63, 3.8) is 0 Å². The summed E-state index contributed by atoms with van der Waals surface area (Å²) >= 11 is 11.8. The van der Waals surface area contributed by atoms with Gasteiger partial charge in [-0.05, 0) is 19.1 Å². The topological polar surface area (TPSA) is 72.5 Å². The van der Waals surface area contributed by atoms with Gasteiger partial charge in [0.05, 0.1) is 5.38 Å². The van der Waals surface area contributed by atoms with Gasteiger partial charge in [0.1, 0.15) is 12.2 Å². The van der Waals surface area contributed by atoms with E-state index in [4.69, 9.17) is 28.9 Å². The van der Waals surface area contributed by atoms with Crippen LogP contribution in [0.1, 0.15) is 6.92 Å². The molecule has 1 aliphatic rings. The van der Waals surface area contributed by atoms with Crippen LogP contribution in [-0.4, -0.2) is 28.8 Å². The van der Waals surface area contributed by atoms with Crippen molar-refractivity contribution in [2.75, 3.05) is 0 Å². The summed E-state index contributed by atoms with van der Waals surface area (Å²) in [6, 6.07) is 0. The van der Waals surface area contributed by atoms with Gasteiger partial charge in [0.15, 0.2) is 0 Å². The van der Waals surface area contributed by atoms with E-state index >= 15 is 0 Å². The highest BCUT2D eigenvalue weighted by molar-refractivity contribution is 6.38. The molecule has 0 aromatic rings. The third kappa shape index (κ3) is 3.03. The molecule has 1 amide bonds. The molecular weight excluding hydrogens is 253 g/mol. The van der Waals surface area contributed by atoms with E-state index in [1.54, 1.807) is 6.08 Å². The molecule has 3 N–H and O–H groups in total. The highest BCUT2D eigenvalue weighted by Crippen LogP contribution is 2.27. The van der Waals surface area contributed by atoms with E-state index in [0.29, 0.717) is 5.57 Å². The predicted octanol–water partition coefficient (Wildman–Crippen LogP) is 1.66. The minimum absolute atomic E-state index is 0.285. The Balaban J connectivity index is 2.85. The largest absolute Gasteiger partial charge is 0.444 e. The fraction of sp³-hybridized carbons (Fsp3) is 0.400. The lowest BCUT2D eigenvalue weighted by Gasteiger charge is -2.22. The molecule has 0 fully saturated rings. The second kappa shape index (κ2) is 5.41.